The number of rotatable bonds is 4. The minimum atomic E-state index is 0.670. The molecule has 0 spiro atoms. The maximum absolute atomic E-state index is 5.41. The molecular formula is C15H13NO2S2. The Balaban J connectivity index is 2.03. The first kappa shape index (κ1) is 13.1. The topological polar surface area (TPSA) is 31.4 Å². The van der Waals surface area contributed by atoms with Crippen LogP contribution in [0.5, 0.6) is 11.6 Å². The van der Waals surface area contributed by atoms with Crippen LogP contribution in [-0.2, 0) is 0 Å². The Labute approximate surface area is 125 Å². The van der Waals surface area contributed by atoms with Crippen molar-refractivity contribution >= 4 is 22.7 Å². The van der Waals surface area contributed by atoms with Crippen molar-refractivity contribution in [2.24, 2.45) is 0 Å². The van der Waals surface area contributed by atoms with Crippen molar-refractivity contribution in [2.45, 2.75) is 0 Å². The molecule has 0 radical (unpaired) electrons. The first-order chi connectivity index (χ1) is 9.81. The van der Waals surface area contributed by atoms with E-state index in [1.807, 2.05) is 30.3 Å². The van der Waals surface area contributed by atoms with Gasteiger partial charge in [-0.15, -0.1) is 22.7 Å². The zero-order chi connectivity index (χ0) is 13.9. The summed E-state index contributed by atoms with van der Waals surface area (Å²) in [5.74, 6) is 1.51. The molecule has 0 amide bonds. The first-order valence-electron chi connectivity index (χ1n) is 6.05. The standard InChI is InChI=1S/C15H13NO2S2/c1-17-11-7-5-10(6-8-11)13-14(18-2)16-15(20-13)12-4-3-9-19-12/h3-9H,1-2H3. The van der Waals surface area contributed by atoms with E-state index in [0.717, 1.165) is 26.1 Å². The van der Waals surface area contributed by atoms with Crippen molar-refractivity contribution in [3.8, 4) is 32.0 Å². The third-order valence-corrected chi connectivity index (χ3v) is 5.00. The molecule has 0 aliphatic carbocycles. The molecule has 0 saturated carbocycles. The average Bonchev–Trinajstić information content (AvgIpc) is 3.16. The van der Waals surface area contributed by atoms with Crippen LogP contribution in [0, 0.1) is 0 Å². The number of thiophene rings is 1. The second-order valence-electron chi connectivity index (χ2n) is 4.06. The highest BCUT2D eigenvalue weighted by Gasteiger charge is 2.15. The van der Waals surface area contributed by atoms with Gasteiger partial charge in [-0.3, -0.25) is 0 Å². The maximum Gasteiger partial charge on any atom is 0.232 e. The van der Waals surface area contributed by atoms with Gasteiger partial charge in [0.2, 0.25) is 5.88 Å². The second-order valence-corrected chi connectivity index (χ2v) is 6.01. The summed E-state index contributed by atoms with van der Waals surface area (Å²) in [6.07, 6.45) is 0. The summed E-state index contributed by atoms with van der Waals surface area (Å²) in [6, 6.07) is 12.0. The van der Waals surface area contributed by atoms with Crippen LogP contribution in [0.1, 0.15) is 0 Å². The summed E-state index contributed by atoms with van der Waals surface area (Å²) in [5.41, 5.74) is 1.09. The van der Waals surface area contributed by atoms with E-state index in [0.29, 0.717) is 5.88 Å². The van der Waals surface area contributed by atoms with Crippen LogP contribution >= 0.6 is 22.7 Å². The molecule has 0 bridgehead atoms. The van der Waals surface area contributed by atoms with Crippen molar-refractivity contribution in [1.82, 2.24) is 4.98 Å². The number of thiazole rings is 1. The van der Waals surface area contributed by atoms with Crippen molar-refractivity contribution in [1.29, 1.82) is 0 Å². The normalized spacial score (nSPS) is 10.5. The molecule has 5 heteroatoms. The smallest absolute Gasteiger partial charge is 0.232 e. The quantitative estimate of drug-likeness (QED) is 0.708. The number of benzene rings is 1. The Bertz CT molecular complexity index is 687. The number of hydrogen-bond donors (Lipinski definition) is 0. The molecule has 0 aliphatic rings. The third-order valence-electron chi connectivity index (χ3n) is 2.87. The molecule has 0 aliphatic heterocycles. The van der Waals surface area contributed by atoms with E-state index < -0.39 is 0 Å². The van der Waals surface area contributed by atoms with Gasteiger partial charge in [-0.25, -0.2) is 4.98 Å². The molecule has 0 atom stereocenters. The molecule has 2 aromatic heterocycles. The van der Waals surface area contributed by atoms with E-state index >= 15 is 0 Å². The average molecular weight is 303 g/mol. The molecular weight excluding hydrogens is 290 g/mol. The number of hydrogen-bond acceptors (Lipinski definition) is 5. The van der Waals surface area contributed by atoms with E-state index in [1.165, 1.54) is 0 Å². The Morgan fingerprint density at radius 2 is 1.80 bits per heavy atom. The van der Waals surface area contributed by atoms with Crippen LogP contribution in [-0.4, -0.2) is 19.2 Å². The molecule has 2 heterocycles. The molecule has 0 N–H and O–H groups in total. The highest BCUT2D eigenvalue weighted by molar-refractivity contribution is 7.23. The van der Waals surface area contributed by atoms with Gasteiger partial charge in [0.25, 0.3) is 0 Å². The molecule has 3 nitrogen and oxygen atoms in total. The maximum atomic E-state index is 5.41. The van der Waals surface area contributed by atoms with Crippen LogP contribution in [0.25, 0.3) is 20.3 Å². The summed E-state index contributed by atoms with van der Waals surface area (Å²) >= 11 is 3.32. The van der Waals surface area contributed by atoms with Crippen molar-refractivity contribution in [3.63, 3.8) is 0 Å². The molecule has 0 fully saturated rings. The predicted octanol–water partition coefficient (Wildman–Crippen LogP) is 4.56. The van der Waals surface area contributed by atoms with Gasteiger partial charge in [0.05, 0.1) is 24.0 Å². The van der Waals surface area contributed by atoms with Crippen molar-refractivity contribution in [3.05, 3.63) is 41.8 Å². The van der Waals surface area contributed by atoms with Gasteiger partial charge < -0.3 is 9.47 Å². The molecule has 3 rings (SSSR count). The fraction of sp³-hybridized carbons (Fsp3) is 0.133. The summed E-state index contributed by atoms with van der Waals surface area (Å²) in [5, 5.41) is 3.04. The lowest BCUT2D eigenvalue weighted by Crippen LogP contribution is -1.86. The SMILES string of the molecule is COc1ccc(-c2sc(-c3cccs3)nc2OC)cc1. The van der Waals surface area contributed by atoms with Crippen LogP contribution in [0.4, 0.5) is 0 Å². The Morgan fingerprint density at radius 3 is 2.40 bits per heavy atom. The van der Waals surface area contributed by atoms with Crippen LogP contribution in [0.2, 0.25) is 0 Å². The summed E-state index contributed by atoms with van der Waals surface area (Å²) < 4.78 is 10.6. The van der Waals surface area contributed by atoms with E-state index in [9.17, 15) is 0 Å². The molecule has 0 unspecified atom stereocenters. The molecule has 3 aromatic rings. The van der Waals surface area contributed by atoms with Gasteiger partial charge >= 0.3 is 0 Å². The number of nitrogens with zero attached hydrogens (tertiary/aromatic N) is 1. The lowest BCUT2D eigenvalue weighted by molar-refractivity contribution is 0.402. The second kappa shape index (κ2) is 5.64. The van der Waals surface area contributed by atoms with E-state index in [1.54, 1.807) is 36.9 Å². The van der Waals surface area contributed by atoms with Crippen molar-refractivity contribution < 1.29 is 9.47 Å². The molecule has 102 valence electrons. The number of ether oxygens (including phenoxy) is 2. The highest BCUT2D eigenvalue weighted by atomic mass is 32.1. The Kier molecular flexibility index (Phi) is 3.71. The molecule has 1 aromatic carbocycles. The van der Waals surface area contributed by atoms with Crippen LogP contribution < -0.4 is 9.47 Å². The zero-order valence-corrected chi connectivity index (χ0v) is 12.8. The summed E-state index contributed by atoms with van der Waals surface area (Å²) in [7, 11) is 3.32. The van der Waals surface area contributed by atoms with Gasteiger partial charge in [0.15, 0.2) is 0 Å². The fourth-order valence-electron chi connectivity index (χ4n) is 1.87. The van der Waals surface area contributed by atoms with Crippen LogP contribution in [0.3, 0.4) is 0 Å². The number of aromatic nitrogens is 1. The minimum Gasteiger partial charge on any atom is -0.497 e. The van der Waals surface area contributed by atoms with Gasteiger partial charge in [-0.05, 0) is 41.3 Å². The Morgan fingerprint density at radius 1 is 1.00 bits per heavy atom. The zero-order valence-electron chi connectivity index (χ0n) is 11.1. The van der Waals surface area contributed by atoms with Gasteiger partial charge in [0.1, 0.15) is 10.8 Å². The van der Waals surface area contributed by atoms with Gasteiger partial charge in [0, 0.05) is 0 Å². The van der Waals surface area contributed by atoms with E-state index in [-0.39, 0.29) is 0 Å². The monoisotopic (exact) mass is 303 g/mol. The molecule has 0 saturated heterocycles. The summed E-state index contributed by atoms with van der Waals surface area (Å²) in [6.45, 7) is 0. The first-order valence-corrected chi connectivity index (χ1v) is 7.74. The van der Waals surface area contributed by atoms with Crippen molar-refractivity contribution in [2.75, 3.05) is 14.2 Å². The summed E-state index contributed by atoms with van der Waals surface area (Å²) in [4.78, 5) is 6.77. The highest BCUT2D eigenvalue weighted by Crippen LogP contribution is 2.41. The van der Waals surface area contributed by atoms with Crippen LogP contribution in [0.15, 0.2) is 41.8 Å². The van der Waals surface area contributed by atoms with Gasteiger partial charge in [-0.1, -0.05) is 6.07 Å². The minimum absolute atomic E-state index is 0.670. The van der Waals surface area contributed by atoms with Gasteiger partial charge in [-0.2, -0.15) is 0 Å². The third kappa shape index (κ3) is 2.42. The lowest BCUT2D eigenvalue weighted by Gasteiger charge is -2.02. The molecule has 20 heavy (non-hydrogen) atoms. The predicted molar refractivity (Wildman–Crippen MR) is 84.0 cm³/mol. The largest absolute Gasteiger partial charge is 0.497 e. The fourth-order valence-corrected chi connectivity index (χ4v) is 3.71. The van der Waals surface area contributed by atoms with E-state index in [2.05, 4.69) is 16.4 Å². The Hall–Kier alpha value is -1.85. The van der Waals surface area contributed by atoms with E-state index in [4.69, 9.17) is 9.47 Å². The number of methoxy groups -OCH3 is 2. The lowest BCUT2D eigenvalue weighted by atomic mass is 10.2.